The molecule has 8 nitrogen and oxygen atoms in total. The van der Waals surface area contributed by atoms with Crippen molar-refractivity contribution in [3.05, 3.63) is 52.6 Å². The van der Waals surface area contributed by atoms with Crippen LogP contribution in [-0.4, -0.2) is 48.2 Å². The summed E-state index contributed by atoms with van der Waals surface area (Å²) in [5, 5.41) is -0.552. The fourth-order valence-electron chi connectivity index (χ4n) is 2.69. The van der Waals surface area contributed by atoms with E-state index >= 15 is 0 Å². The molecule has 2 amide bonds. The number of nitrogens with zero attached hydrogens (tertiary/aromatic N) is 1. The Morgan fingerprint density at radius 2 is 1.76 bits per heavy atom. The number of hydrogen-bond acceptors (Lipinski definition) is 8. The van der Waals surface area contributed by atoms with Gasteiger partial charge in [0.05, 0.1) is 24.7 Å². The number of furan rings is 1. The summed E-state index contributed by atoms with van der Waals surface area (Å²) in [7, 11) is 2.50. The van der Waals surface area contributed by atoms with Crippen LogP contribution in [0, 0.1) is 0 Å². The second-order valence-corrected chi connectivity index (χ2v) is 7.01. The second kappa shape index (κ2) is 8.36. The molecule has 1 saturated heterocycles. The molecule has 1 aliphatic heterocycles. The summed E-state index contributed by atoms with van der Waals surface area (Å²) < 4.78 is 15.0. The van der Waals surface area contributed by atoms with Crippen molar-refractivity contribution >= 4 is 40.9 Å². The molecular weight excluding hydrogens is 398 g/mol. The van der Waals surface area contributed by atoms with Crippen molar-refractivity contribution in [3.8, 4) is 11.3 Å². The zero-order chi connectivity index (χ0) is 21.1. The molecule has 2 heterocycles. The molecule has 1 atom stereocenters. The lowest BCUT2D eigenvalue weighted by Gasteiger charge is -2.18. The molecule has 29 heavy (non-hydrogen) atoms. The number of amides is 2. The highest BCUT2D eigenvalue weighted by atomic mass is 32.2. The minimum atomic E-state index is -1.01. The van der Waals surface area contributed by atoms with E-state index in [-0.39, 0.29) is 4.91 Å². The Bertz CT molecular complexity index is 1010. The Balaban J connectivity index is 1.80. The van der Waals surface area contributed by atoms with Gasteiger partial charge in [-0.05, 0) is 43.0 Å². The van der Waals surface area contributed by atoms with Gasteiger partial charge in [0.2, 0.25) is 0 Å². The molecular formula is C20H17NO7S. The molecule has 0 aliphatic carbocycles. The predicted molar refractivity (Wildman–Crippen MR) is 105 cm³/mol. The van der Waals surface area contributed by atoms with Gasteiger partial charge in [-0.25, -0.2) is 9.59 Å². The number of hydrogen-bond donors (Lipinski definition) is 0. The molecule has 0 saturated carbocycles. The zero-order valence-electron chi connectivity index (χ0n) is 15.8. The van der Waals surface area contributed by atoms with Crippen molar-refractivity contribution in [2.75, 3.05) is 14.2 Å². The van der Waals surface area contributed by atoms with E-state index in [1.165, 1.54) is 27.2 Å². The Kier molecular flexibility index (Phi) is 5.88. The van der Waals surface area contributed by atoms with Crippen molar-refractivity contribution < 1.29 is 33.1 Å². The molecule has 0 bridgehead atoms. The summed E-state index contributed by atoms with van der Waals surface area (Å²) >= 11 is 0.725. The molecule has 150 valence electrons. The highest BCUT2D eigenvalue weighted by Crippen LogP contribution is 2.34. The van der Waals surface area contributed by atoms with Crippen LogP contribution in [0.5, 0.6) is 0 Å². The average molecular weight is 415 g/mol. The van der Waals surface area contributed by atoms with Crippen molar-refractivity contribution in [2.45, 2.75) is 13.0 Å². The van der Waals surface area contributed by atoms with Gasteiger partial charge in [0.15, 0.2) is 0 Å². The van der Waals surface area contributed by atoms with Crippen LogP contribution in [0.4, 0.5) is 4.79 Å². The molecule has 1 fully saturated rings. The van der Waals surface area contributed by atoms with Gasteiger partial charge in [-0.15, -0.1) is 0 Å². The van der Waals surface area contributed by atoms with E-state index in [9.17, 15) is 19.2 Å². The summed E-state index contributed by atoms with van der Waals surface area (Å²) in [5.41, 5.74) is 1.14. The fraction of sp³-hybridized carbons (Fsp3) is 0.200. The number of carbonyl (C=O) groups is 4. The van der Waals surface area contributed by atoms with E-state index in [1.54, 1.807) is 36.4 Å². The molecule has 3 rings (SSSR count). The third-order valence-electron chi connectivity index (χ3n) is 4.24. The van der Waals surface area contributed by atoms with Gasteiger partial charge in [-0.2, -0.15) is 0 Å². The van der Waals surface area contributed by atoms with Crippen LogP contribution in [0.1, 0.15) is 23.0 Å². The van der Waals surface area contributed by atoms with E-state index in [0.717, 1.165) is 22.2 Å². The van der Waals surface area contributed by atoms with Crippen LogP contribution in [0.25, 0.3) is 17.4 Å². The van der Waals surface area contributed by atoms with E-state index in [1.807, 2.05) is 0 Å². The lowest BCUT2D eigenvalue weighted by molar-refractivity contribution is -0.148. The summed E-state index contributed by atoms with van der Waals surface area (Å²) in [6.07, 6.45) is 1.45. The first-order chi connectivity index (χ1) is 13.8. The maximum absolute atomic E-state index is 12.5. The number of esters is 2. The average Bonchev–Trinajstić information content (AvgIpc) is 3.31. The maximum atomic E-state index is 12.5. The van der Waals surface area contributed by atoms with Gasteiger partial charge < -0.3 is 13.9 Å². The highest BCUT2D eigenvalue weighted by Gasteiger charge is 2.41. The molecule has 0 radical (unpaired) electrons. The molecule has 0 N–H and O–H groups in total. The smallest absolute Gasteiger partial charge is 0.337 e. The van der Waals surface area contributed by atoms with Gasteiger partial charge in [-0.3, -0.25) is 14.5 Å². The molecule has 2 aromatic rings. The van der Waals surface area contributed by atoms with E-state index < -0.39 is 29.1 Å². The molecule has 9 heteroatoms. The molecule has 1 aromatic heterocycles. The number of methoxy groups -OCH3 is 2. The summed E-state index contributed by atoms with van der Waals surface area (Å²) in [6.45, 7) is 1.42. The number of imide groups is 1. The minimum Gasteiger partial charge on any atom is -0.467 e. The van der Waals surface area contributed by atoms with Crippen molar-refractivity contribution in [2.24, 2.45) is 0 Å². The third-order valence-corrected chi connectivity index (χ3v) is 5.13. The lowest BCUT2D eigenvalue weighted by Crippen LogP contribution is -2.42. The number of ether oxygens (including phenoxy) is 2. The predicted octanol–water partition coefficient (Wildman–Crippen LogP) is 3.33. The molecule has 0 spiro atoms. The van der Waals surface area contributed by atoms with Crippen molar-refractivity contribution in [3.63, 3.8) is 0 Å². The van der Waals surface area contributed by atoms with Crippen molar-refractivity contribution in [1.29, 1.82) is 0 Å². The van der Waals surface area contributed by atoms with Gasteiger partial charge in [-0.1, -0.05) is 12.1 Å². The minimum absolute atomic E-state index is 0.146. The first kappa shape index (κ1) is 20.4. The van der Waals surface area contributed by atoms with Gasteiger partial charge >= 0.3 is 11.9 Å². The Morgan fingerprint density at radius 1 is 1.07 bits per heavy atom. The third kappa shape index (κ3) is 4.09. The Labute approximate surface area is 170 Å². The van der Waals surface area contributed by atoms with Crippen LogP contribution in [0.2, 0.25) is 0 Å². The lowest BCUT2D eigenvalue weighted by atomic mass is 10.1. The van der Waals surface area contributed by atoms with Crippen LogP contribution < -0.4 is 0 Å². The van der Waals surface area contributed by atoms with E-state index in [4.69, 9.17) is 4.42 Å². The van der Waals surface area contributed by atoms with E-state index in [2.05, 4.69) is 9.47 Å². The SMILES string of the molecule is COC(=O)c1ccc(-c2ccc(/C=C3/SC(=O)N([C@@H](C)C(=O)OC)C3=O)o2)cc1. The number of rotatable bonds is 5. The maximum Gasteiger partial charge on any atom is 0.337 e. The summed E-state index contributed by atoms with van der Waals surface area (Å²) in [5.74, 6) is -0.806. The molecule has 1 aromatic carbocycles. The monoisotopic (exact) mass is 415 g/mol. The fourth-order valence-corrected chi connectivity index (χ4v) is 3.58. The summed E-state index contributed by atoms with van der Waals surface area (Å²) in [4.78, 5) is 48.8. The van der Waals surface area contributed by atoms with Gasteiger partial charge in [0.25, 0.3) is 11.1 Å². The zero-order valence-corrected chi connectivity index (χ0v) is 16.6. The quantitative estimate of drug-likeness (QED) is 0.541. The van der Waals surface area contributed by atoms with E-state index in [0.29, 0.717) is 17.1 Å². The largest absolute Gasteiger partial charge is 0.467 e. The van der Waals surface area contributed by atoms with Crippen LogP contribution in [0.3, 0.4) is 0 Å². The Morgan fingerprint density at radius 3 is 2.38 bits per heavy atom. The molecule has 1 aliphatic rings. The van der Waals surface area contributed by atoms with Crippen LogP contribution in [-0.2, 0) is 19.1 Å². The highest BCUT2D eigenvalue weighted by molar-refractivity contribution is 8.18. The number of thioether (sulfide) groups is 1. The van der Waals surface area contributed by atoms with Crippen LogP contribution >= 0.6 is 11.8 Å². The summed E-state index contributed by atoms with van der Waals surface area (Å²) in [6, 6.07) is 8.99. The standard InChI is InChI=1S/C20H17NO7S/c1-11(18(23)26-2)21-17(22)16(29-20(21)25)10-14-8-9-15(28-14)12-4-6-13(7-5-12)19(24)27-3/h4-11H,1-3H3/b16-10+/t11-/m0/s1. The second-order valence-electron chi connectivity index (χ2n) is 6.02. The van der Waals surface area contributed by atoms with Crippen LogP contribution in [0.15, 0.2) is 45.7 Å². The Hall–Kier alpha value is -3.33. The first-order valence-electron chi connectivity index (χ1n) is 8.49. The normalized spacial score (nSPS) is 16.2. The first-order valence-corrected chi connectivity index (χ1v) is 9.31. The van der Waals surface area contributed by atoms with Gasteiger partial charge in [0.1, 0.15) is 17.6 Å². The topological polar surface area (TPSA) is 103 Å². The van der Waals surface area contributed by atoms with Gasteiger partial charge in [0, 0.05) is 11.6 Å². The number of carbonyl (C=O) groups excluding carboxylic acids is 4. The molecule has 0 unspecified atom stereocenters. The van der Waals surface area contributed by atoms with Crippen molar-refractivity contribution in [1.82, 2.24) is 4.90 Å². The number of benzene rings is 1.